The molecule has 0 aliphatic heterocycles. The van der Waals surface area contributed by atoms with Gasteiger partial charge in [-0.05, 0) is 30.2 Å². The highest BCUT2D eigenvalue weighted by molar-refractivity contribution is 7.20. The Balaban J connectivity index is 1.89. The molecule has 0 radical (unpaired) electrons. The summed E-state index contributed by atoms with van der Waals surface area (Å²) in [6.45, 7) is 2.41. The molecule has 0 saturated heterocycles. The minimum atomic E-state index is -0.211. The third-order valence-corrected chi connectivity index (χ3v) is 5.70. The second-order valence-corrected chi connectivity index (χ2v) is 7.58. The van der Waals surface area contributed by atoms with Crippen LogP contribution in [0.2, 0.25) is 10.0 Å². The molecule has 0 spiro atoms. The van der Waals surface area contributed by atoms with Gasteiger partial charge in [0.25, 0.3) is 5.91 Å². The fraction of sp³-hybridized carbons (Fsp3) is 0.278. The molecule has 1 amide bonds. The summed E-state index contributed by atoms with van der Waals surface area (Å²) in [5.74, 6) is 0.723. The molecular formula is C18H17Cl2N3O3S. The highest BCUT2D eigenvalue weighted by Crippen LogP contribution is 2.35. The molecule has 1 N–H and O–H groups in total. The van der Waals surface area contributed by atoms with Crippen LogP contribution >= 0.6 is 34.5 Å². The van der Waals surface area contributed by atoms with E-state index in [0.717, 1.165) is 16.5 Å². The van der Waals surface area contributed by atoms with Crippen molar-refractivity contribution in [2.24, 2.45) is 0 Å². The number of ether oxygens (including phenoxy) is 2. The second-order valence-electron chi connectivity index (χ2n) is 5.74. The van der Waals surface area contributed by atoms with Gasteiger partial charge in [0.15, 0.2) is 5.82 Å². The number of hydrogen-bond acceptors (Lipinski definition) is 6. The molecule has 2 heterocycles. The van der Waals surface area contributed by atoms with E-state index >= 15 is 0 Å². The molecule has 2 aromatic heterocycles. The molecule has 0 fully saturated rings. The number of carbonyl (C=O) groups excluding carboxylic acids is 1. The molecule has 0 aliphatic rings. The largest absolute Gasteiger partial charge is 0.480 e. The number of nitrogens with zero attached hydrogens (tertiary/aromatic N) is 2. The Morgan fingerprint density at radius 1 is 1.26 bits per heavy atom. The van der Waals surface area contributed by atoms with Crippen LogP contribution in [0, 0.1) is 6.92 Å². The van der Waals surface area contributed by atoms with E-state index in [9.17, 15) is 4.79 Å². The summed E-state index contributed by atoms with van der Waals surface area (Å²) in [5, 5.41) is 4.67. The lowest BCUT2D eigenvalue weighted by atomic mass is 10.2. The maximum atomic E-state index is 12.7. The third kappa shape index (κ3) is 4.16. The van der Waals surface area contributed by atoms with Crippen molar-refractivity contribution in [3.05, 3.63) is 50.1 Å². The molecule has 3 rings (SSSR count). The van der Waals surface area contributed by atoms with Gasteiger partial charge in [-0.1, -0.05) is 29.3 Å². The van der Waals surface area contributed by atoms with E-state index in [2.05, 4.69) is 15.3 Å². The zero-order chi connectivity index (χ0) is 19.6. The number of methoxy groups -OCH3 is 2. The van der Waals surface area contributed by atoms with Crippen molar-refractivity contribution in [1.82, 2.24) is 15.3 Å². The molecule has 0 aliphatic carbocycles. The Labute approximate surface area is 170 Å². The van der Waals surface area contributed by atoms with Gasteiger partial charge in [0.2, 0.25) is 5.88 Å². The molecule has 0 saturated carbocycles. The van der Waals surface area contributed by atoms with Crippen LogP contribution in [-0.2, 0) is 17.9 Å². The lowest BCUT2D eigenvalue weighted by molar-refractivity contribution is 0.0954. The average molecular weight is 426 g/mol. The fourth-order valence-corrected chi connectivity index (χ4v) is 4.21. The zero-order valence-electron chi connectivity index (χ0n) is 14.9. The predicted molar refractivity (Wildman–Crippen MR) is 107 cm³/mol. The van der Waals surface area contributed by atoms with Crippen LogP contribution in [0.15, 0.2) is 18.2 Å². The Kier molecular flexibility index (Phi) is 6.16. The summed E-state index contributed by atoms with van der Waals surface area (Å²) < 4.78 is 10.5. The van der Waals surface area contributed by atoms with E-state index in [1.807, 2.05) is 6.92 Å². The van der Waals surface area contributed by atoms with Crippen LogP contribution in [-0.4, -0.2) is 30.1 Å². The molecule has 6 nitrogen and oxygen atoms in total. The maximum Gasteiger partial charge on any atom is 0.261 e. The summed E-state index contributed by atoms with van der Waals surface area (Å²) in [5.41, 5.74) is 1.56. The average Bonchev–Trinajstić information content (AvgIpc) is 2.97. The van der Waals surface area contributed by atoms with Gasteiger partial charge in [0.05, 0.1) is 17.4 Å². The highest BCUT2D eigenvalue weighted by Gasteiger charge is 2.21. The third-order valence-electron chi connectivity index (χ3n) is 3.93. The maximum absolute atomic E-state index is 12.7. The molecule has 1 aromatic carbocycles. The molecule has 142 valence electrons. The molecule has 27 heavy (non-hydrogen) atoms. The predicted octanol–water partition coefficient (Wildman–Crippen LogP) is 4.39. The van der Waals surface area contributed by atoms with Crippen LogP contribution in [0.5, 0.6) is 5.88 Å². The van der Waals surface area contributed by atoms with Crippen molar-refractivity contribution in [2.75, 3.05) is 14.2 Å². The molecule has 3 aromatic rings. The summed E-state index contributed by atoms with van der Waals surface area (Å²) in [7, 11) is 3.11. The molecule has 0 unspecified atom stereocenters. The van der Waals surface area contributed by atoms with Gasteiger partial charge in [-0.25, -0.2) is 4.98 Å². The van der Waals surface area contributed by atoms with Crippen LogP contribution in [0.25, 0.3) is 10.2 Å². The topological polar surface area (TPSA) is 73.3 Å². The van der Waals surface area contributed by atoms with E-state index in [4.69, 9.17) is 32.7 Å². The quantitative estimate of drug-likeness (QED) is 0.633. The van der Waals surface area contributed by atoms with E-state index in [1.54, 1.807) is 25.3 Å². The number of benzene rings is 1. The van der Waals surface area contributed by atoms with Crippen molar-refractivity contribution < 1.29 is 14.3 Å². The summed E-state index contributed by atoms with van der Waals surface area (Å²) in [4.78, 5) is 22.8. The lowest BCUT2D eigenvalue weighted by Gasteiger charge is -2.07. The van der Waals surface area contributed by atoms with Crippen LogP contribution in [0.1, 0.15) is 26.6 Å². The number of halogens is 2. The monoisotopic (exact) mass is 425 g/mol. The highest BCUT2D eigenvalue weighted by atomic mass is 35.5. The van der Waals surface area contributed by atoms with Crippen LogP contribution in [0.4, 0.5) is 0 Å². The van der Waals surface area contributed by atoms with Gasteiger partial charge < -0.3 is 14.8 Å². The van der Waals surface area contributed by atoms with Crippen LogP contribution in [0.3, 0.4) is 0 Å². The first-order valence-corrected chi connectivity index (χ1v) is 9.57. The normalized spacial score (nSPS) is 11.0. The van der Waals surface area contributed by atoms with Gasteiger partial charge >= 0.3 is 0 Å². The summed E-state index contributed by atoms with van der Waals surface area (Å²) in [6.07, 6.45) is 0. The van der Waals surface area contributed by atoms with Gasteiger partial charge in [-0.15, -0.1) is 11.3 Å². The van der Waals surface area contributed by atoms with Gasteiger partial charge in [-0.2, -0.15) is 4.98 Å². The first-order valence-electron chi connectivity index (χ1n) is 7.99. The van der Waals surface area contributed by atoms with Gasteiger partial charge in [-0.3, -0.25) is 4.79 Å². The molecule has 0 bridgehead atoms. The van der Waals surface area contributed by atoms with Crippen molar-refractivity contribution in [2.45, 2.75) is 20.1 Å². The summed E-state index contributed by atoms with van der Waals surface area (Å²) in [6, 6.07) is 5.17. The zero-order valence-corrected chi connectivity index (χ0v) is 17.3. The number of thiophene rings is 1. The number of aromatic nitrogens is 2. The standard InChI is InChI=1S/C18H17Cl2N3O3S/c1-9-14-17(26-3)22-13(8-25-2)23-18(14)27-15(9)16(24)21-7-10-4-5-11(19)6-12(10)20/h4-6H,7-8H2,1-3H3,(H,21,24). The summed E-state index contributed by atoms with van der Waals surface area (Å²) >= 11 is 13.4. The van der Waals surface area contributed by atoms with Gasteiger partial charge in [0.1, 0.15) is 11.4 Å². The Bertz CT molecular complexity index is 1010. The van der Waals surface area contributed by atoms with Crippen molar-refractivity contribution >= 4 is 50.7 Å². The Morgan fingerprint density at radius 2 is 2.04 bits per heavy atom. The number of nitrogens with one attached hydrogen (secondary N) is 1. The van der Waals surface area contributed by atoms with Crippen molar-refractivity contribution in [3.8, 4) is 5.88 Å². The van der Waals surface area contributed by atoms with Crippen molar-refractivity contribution in [3.63, 3.8) is 0 Å². The van der Waals surface area contributed by atoms with E-state index in [0.29, 0.717) is 38.0 Å². The molecular weight excluding hydrogens is 409 g/mol. The fourth-order valence-electron chi connectivity index (χ4n) is 2.62. The number of rotatable bonds is 6. The number of carbonyl (C=O) groups is 1. The minimum Gasteiger partial charge on any atom is -0.480 e. The number of hydrogen-bond donors (Lipinski definition) is 1. The Morgan fingerprint density at radius 3 is 2.70 bits per heavy atom. The SMILES string of the molecule is COCc1nc(OC)c2c(C)c(C(=O)NCc3ccc(Cl)cc3Cl)sc2n1. The first kappa shape index (κ1) is 19.8. The smallest absolute Gasteiger partial charge is 0.261 e. The van der Waals surface area contributed by atoms with E-state index in [-0.39, 0.29) is 12.5 Å². The number of amides is 1. The van der Waals surface area contributed by atoms with Crippen molar-refractivity contribution in [1.29, 1.82) is 0 Å². The Hall–Kier alpha value is -1.93. The number of aryl methyl sites for hydroxylation is 1. The van der Waals surface area contributed by atoms with E-state index in [1.165, 1.54) is 18.4 Å². The first-order chi connectivity index (χ1) is 12.9. The lowest BCUT2D eigenvalue weighted by Crippen LogP contribution is -2.22. The van der Waals surface area contributed by atoms with Crippen LogP contribution < -0.4 is 10.1 Å². The van der Waals surface area contributed by atoms with E-state index < -0.39 is 0 Å². The minimum absolute atomic E-state index is 0.211. The van der Waals surface area contributed by atoms with Gasteiger partial charge in [0, 0.05) is 23.7 Å². The molecule has 0 atom stereocenters. The second kappa shape index (κ2) is 8.39. The molecule has 9 heteroatoms. The number of fused-ring (bicyclic) bond motifs is 1.